The first-order chi connectivity index (χ1) is 8.77. The van der Waals surface area contributed by atoms with E-state index in [1.165, 1.54) is 22.9 Å². The second-order valence-electron chi connectivity index (χ2n) is 4.94. The number of unbranched alkanes of at least 4 members (excludes halogenated alkanes) is 1. The van der Waals surface area contributed by atoms with Gasteiger partial charge in [0.15, 0.2) is 0 Å². The zero-order valence-corrected chi connectivity index (χ0v) is 12.0. The summed E-state index contributed by atoms with van der Waals surface area (Å²) in [4.78, 5) is 0. The van der Waals surface area contributed by atoms with Gasteiger partial charge >= 0.3 is 0 Å². The van der Waals surface area contributed by atoms with Crippen LogP contribution in [0.2, 0.25) is 0 Å². The predicted molar refractivity (Wildman–Crippen MR) is 80.1 cm³/mol. The van der Waals surface area contributed by atoms with E-state index < -0.39 is 0 Å². The zero-order valence-electron chi connectivity index (χ0n) is 11.2. The monoisotopic (exact) mass is 262 g/mol. The van der Waals surface area contributed by atoms with Crippen molar-refractivity contribution in [3.8, 4) is 0 Å². The van der Waals surface area contributed by atoms with E-state index in [1.54, 1.807) is 11.3 Å². The Balaban J connectivity index is 2.25. The number of fused-ring (bicyclic) bond motifs is 1. The van der Waals surface area contributed by atoms with Crippen molar-refractivity contribution in [1.29, 1.82) is 0 Å². The average molecular weight is 262 g/mol. The lowest BCUT2D eigenvalue weighted by Crippen LogP contribution is -2.12. The van der Waals surface area contributed by atoms with Gasteiger partial charge in [-0.15, -0.1) is 11.3 Å². The second kappa shape index (κ2) is 6.35. The quantitative estimate of drug-likeness (QED) is 0.763. The molecule has 0 aliphatic rings. The van der Waals surface area contributed by atoms with Gasteiger partial charge in [0.05, 0.1) is 6.10 Å². The summed E-state index contributed by atoms with van der Waals surface area (Å²) >= 11 is 1.73. The molecule has 98 valence electrons. The van der Waals surface area contributed by atoms with Crippen LogP contribution >= 0.6 is 11.3 Å². The molecule has 0 amide bonds. The first-order valence-electron chi connectivity index (χ1n) is 6.92. The fourth-order valence-electron chi connectivity index (χ4n) is 2.55. The van der Waals surface area contributed by atoms with Gasteiger partial charge < -0.3 is 5.11 Å². The molecule has 2 heteroatoms. The maximum absolute atomic E-state index is 10.6. The number of hydrogen-bond donors (Lipinski definition) is 1. The third-order valence-corrected chi connectivity index (χ3v) is 4.71. The number of rotatable bonds is 6. The van der Waals surface area contributed by atoms with E-state index in [0.717, 1.165) is 18.4 Å². The SMILES string of the molecule is CCCCC(CC)C(O)c1cccc2ccsc12. The third-order valence-electron chi connectivity index (χ3n) is 3.73. The van der Waals surface area contributed by atoms with Crippen molar-refractivity contribution < 1.29 is 5.11 Å². The molecule has 2 atom stereocenters. The van der Waals surface area contributed by atoms with Crippen molar-refractivity contribution >= 4 is 21.4 Å². The lowest BCUT2D eigenvalue weighted by Gasteiger charge is -2.22. The van der Waals surface area contributed by atoms with Gasteiger partial charge in [0.2, 0.25) is 0 Å². The predicted octanol–water partition coefficient (Wildman–Crippen LogP) is 5.15. The highest BCUT2D eigenvalue weighted by atomic mass is 32.1. The highest BCUT2D eigenvalue weighted by Crippen LogP contribution is 2.35. The van der Waals surface area contributed by atoms with Crippen LogP contribution in [0.5, 0.6) is 0 Å². The van der Waals surface area contributed by atoms with Crippen LogP contribution in [0.15, 0.2) is 29.6 Å². The lowest BCUT2D eigenvalue weighted by atomic mass is 9.89. The summed E-state index contributed by atoms with van der Waals surface area (Å²) in [5.41, 5.74) is 1.12. The number of aliphatic hydroxyl groups excluding tert-OH is 1. The molecule has 2 rings (SSSR count). The number of aliphatic hydroxyl groups is 1. The van der Waals surface area contributed by atoms with E-state index in [0.29, 0.717) is 5.92 Å². The summed E-state index contributed by atoms with van der Waals surface area (Å²) in [6, 6.07) is 8.39. The molecule has 1 aromatic carbocycles. The Hall–Kier alpha value is -0.860. The van der Waals surface area contributed by atoms with Crippen LogP contribution in [0.25, 0.3) is 10.1 Å². The molecule has 2 unspecified atom stereocenters. The largest absolute Gasteiger partial charge is 0.388 e. The molecule has 18 heavy (non-hydrogen) atoms. The van der Waals surface area contributed by atoms with E-state index in [9.17, 15) is 5.11 Å². The Labute approximate surface area is 113 Å². The van der Waals surface area contributed by atoms with Gasteiger partial charge in [0, 0.05) is 4.70 Å². The smallest absolute Gasteiger partial charge is 0.0831 e. The molecule has 0 fully saturated rings. The Morgan fingerprint density at radius 1 is 1.22 bits per heavy atom. The van der Waals surface area contributed by atoms with Gasteiger partial charge in [-0.25, -0.2) is 0 Å². The van der Waals surface area contributed by atoms with Gasteiger partial charge in [-0.2, -0.15) is 0 Å². The van der Waals surface area contributed by atoms with Crippen LogP contribution < -0.4 is 0 Å². The summed E-state index contributed by atoms with van der Waals surface area (Å²) in [5.74, 6) is 0.387. The van der Waals surface area contributed by atoms with Crippen molar-refractivity contribution in [1.82, 2.24) is 0 Å². The Bertz CT molecular complexity index is 489. The molecule has 1 N–H and O–H groups in total. The average Bonchev–Trinajstić information content (AvgIpc) is 2.87. The normalized spacial score (nSPS) is 14.8. The van der Waals surface area contributed by atoms with Gasteiger partial charge in [0.25, 0.3) is 0 Å². The van der Waals surface area contributed by atoms with Gasteiger partial charge in [-0.05, 0) is 34.7 Å². The molecule has 0 saturated heterocycles. The first kappa shape index (κ1) is 13.6. The van der Waals surface area contributed by atoms with Crippen molar-refractivity contribution in [3.05, 3.63) is 35.2 Å². The number of thiophene rings is 1. The van der Waals surface area contributed by atoms with Crippen LogP contribution in [0.4, 0.5) is 0 Å². The lowest BCUT2D eigenvalue weighted by molar-refractivity contribution is 0.100. The molecule has 2 aromatic rings. The topological polar surface area (TPSA) is 20.2 Å². The summed E-state index contributed by atoms with van der Waals surface area (Å²) in [6.07, 6.45) is 4.25. The summed E-state index contributed by atoms with van der Waals surface area (Å²) in [5, 5.41) is 14.0. The van der Waals surface area contributed by atoms with Gasteiger partial charge in [-0.1, -0.05) is 51.3 Å². The molecule has 0 spiro atoms. The van der Waals surface area contributed by atoms with Crippen molar-refractivity contribution in [2.75, 3.05) is 0 Å². The fraction of sp³-hybridized carbons (Fsp3) is 0.500. The molecule has 1 aromatic heterocycles. The molecule has 0 saturated carbocycles. The fourth-order valence-corrected chi connectivity index (χ4v) is 3.50. The van der Waals surface area contributed by atoms with Gasteiger partial charge in [-0.3, -0.25) is 0 Å². The maximum atomic E-state index is 10.6. The summed E-state index contributed by atoms with van der Waals surface area (Å²) in [7, 11) is 0. The van der Waals surface area contributed by atoms with Crippen LogP contribution in [-0.4, -0.2) is 5.11 Å². The molecular formula is C16H22OS. The molecule has 1 heterocycles. The highest BCUT2D eigenvalue weighted by molar-refractivity contribution is 7.17. The van der Waals surface area contributed by atoms with Crippen LogP contribution in [-0.2, 0) is 0 Å². The van der Waals surface area contributed by atoms with Gasteiger partial charge in [0.1, 0.15) is 0 Å². The third kappa shape index (κ3) is 2.76. The van der Waals surface area contributed by atoms with E-state index in [4.69, 9.17) is 0 Å². The highest BCUT2D eigenvalue weighted by Gasteiger charge is 2.20. The van der Waals surface area contributed by atoms with Crippen molar-refractivity contribution in [2.24, 2.45) is 5.92 Å². The Morgan fingerprint density at radius 3 is 2.78 bits per heavy atom. The van der Waals surface area contributed by atoms with E-state index in [-0.39, 0.29) is 6.10 Å². The van der Waals surface area contributed by atoms with Crippen LogP contribution in [0.3, 0.4) is 0 Å². The van der Waals surface area contributed by atoms with Crippen molar-refractivity contribution in [3.63, 3.8) is 0 Å². The Kier molecular flexibility index (Phi) is 4.79. The van der Waals surface area contributed by atoms with E-state index in [2.05, 4.69) is 43.5 Å². The molecule has 1 nitrogen and oxygen atoms in total. The molecular weight excluding hydrogens is 240 g/mol. The minimum atomic E-state index is -0.316. The summed E-state index contributed by atoms with van der Waals surface area (Å²) in [6.45, 7) is 4.39. The number of benzene rings is 1. The van der Waals surface area contributed by atoms with Crippen molar-refractivity contribution in [2.45, 2.75) is 45.6 Å². The molecule has 0 aliphatic carbocycles. The summed E-state index contributed by atoms with van der Waals surface area (Å²) < 4.78 is 1.25. The minimum Gasteiger partial charge on any atom is -0.388 e. The van der Waals surface area contributed by atoms with E-state index >= 15 is 0 Å². The minimum absolute atomic E-state index is 0.316. The van der Waals surface area contributed by atoms with Crippen LogP contribution in [0, 0.1) is 5.92 Å². The Morgan fingerprint density at radius 2 is 2.06 bits per heavy atom. The number of hydrogen-bond acceptors (Lipinski definition) is 2. The second-order valence-corrected chi connectivity index (χ2v) is 5.86. The van der Waals surface area contributed by atoms with Crippen LogP contribution in [0.1, 0.15) is 51.2 Å². The standard InChI is InChI=1S/C16H22OS/c1-3-5-7-12(4-2)15(17)14-9-6-8-13-10-11-18-16(13)14/h6,8-12,15,17H,3-5,7H2,1-2H3. The zero-order chi connectivity index (χ0) is 13.0. The first-order valence-corrected chi connectivity index (χ1v) is 7.80. The molecule has 0 aliphatic heterocycles. The molecule has 0 bridgehead atoms. The molecule has 0 radical (unpaired) electrons. The van der Waals surface area contributed by atoms with E-state index in [1.807, 2.05) is 0 Å². The maximum Gasteiger partial charge on any atom is 0.0831 e.